The molecule has 4 nitrogen and oxygen atoms in total. The zero-order valence-electron chi connectivity index (χ0n) is 15.5. The quantitative estimate of drug-likeness (QED) is 0.835. The summed E-state index contributed by atoms with van der Waals surface area (Å²) in [6.45, 7) is 0. The van der Waals surface area contributed by atoms with Gasteiger partial charge >= 0.3 is 0 Å². The predicted octanol–water partition coefficient (Wildman–Crippen LogP) is 4.04. The number of hydrogen-bond donors (Lipinski definition) is 2. The van der Waals surface area contributed by atoms with Crippen LogP contribution in [0.15, 0.2) is 40.8 Å². The molecule has 2 unspecified atom stereocenters. The predicted molar refractivity (Wildman–Crippen MR) is 102 cm³/mol. The summed E-state index contributed by atoms with van der Waals surface area (Å²) < 4.78 is 19.6. The van der Waals surface area contributed by atoms with E-state index in [9.17, 15) is 9.18 Å². The van der Waals surface area contributed by atoms with Gasteiger partial charge in [0, 0.05) is 24.9 Å². The maximum Gasteiger partial charge on any atom is 0.220 e. The minimum atomic E-state index is -0.307. The third-order valence-electron chi connectivity index (χ3n) is 6.10. The third-order valence-corrected chi connectivity index (χ3v) is 6.10. The summed E-state index contributed by atoms with van der Waals surface area (Å²) in [5.74, 6) is 2.00. The van der Waals surface area contributed by atoms with E-state index in [2.05, 4.69) is 5.32 Å². The molecule has 4 rings (SSSR count). The van der Waals surface area contributed by atoms with Crippen molar-refractivity contribution in [3.8, 4) is 11.3 Å². The van der Waals surface area contributed by atoms with Crippen LogP contribution in [0.5, 0.6) is 0 Å². The molecular formula is C22H27FN2O2. The van der Waals surface area contributed by atoms with Crippen molar-refractivity contribution in [3.63, 3.8) is 0 Å². The van der Waals surface area contributed by atoms with Gasteiger partial charge in [-0.25, -0.2) is 4.39 Å². The number of nitrogens with one attached hydrogen (secondary N) is 1. The molecule has 3 N–H and O–H groups in total. The lowest BCUT2D eigenvalue weighted by atomic mass is 9.67. The fourth-order valence-corrected chi connectivity index (χ4v) is 4.84. The first-order valence-electron chi connectivity index (χ1n) is 9.98. The van der Waals surface area contributed by atoms with Gasteiger partial charge < -0.3 is 15.5 Å². The lowest BCUT2D eigenvalue weighted by Crippen LogP contribution is -2.53. The van der Waals surface area contributed by atoms with Crippen molar-refractivity contribution in [2.24, 2.45) is 17.6 Å². The van der Waals surface area contributed by atoms with E-state index in [4.69, 9.17) is 10.2 Å². The van der Waals surface area contributed by atoms with Gasteiger partial charge in [0.25, 0.3) is 0 Å². The molecule has 2 aromatic rings. The standard InChI is InChI=1S/C22H27FN2O2/c23-19-7-2-1-6-18(19)20-10-8-17(27-20)9-11-21(26)25-22-14-4-3-5-15(22)13-16(24)12-14/h1-2,6-8,10,14-16,22H,3-5,9,11-13,24H2,(H,25,26). The second-order valence-corrected chi connectivity index (χ2v) is 8.02. The molecule has 1 heterocycles. The highest BCUT2D eigenvalue weighted by Gasteiger charge is 2.39. The van der Waals surface area contributed by atoms with Crippen molar-refractivity contribution in [2.45, 2.75) is 57.0 Å². The molecule has 2 aliphatic rings. The van der Waals surface area contributed by atoms with Crippen LogP contribution in [0.25, 0.3) is 11.3 Å². The van der Waals surface area contributed by atoms with Gasteiger partial charge in [-0.2, -0.15) is 0 Å². The van der Waals surface area contributed by atoms with Gasteiger partial charge in [-0.3, -0.25) is 4.79 Å². The van der Waals surface area contributed by atoms with Gasteiger partial charge in [-0.05, 0) is 61.8 Å². The monoisotopic (exact) mass is 370 g/mol. The van der Waals surface area contributed by atoms with Gasteiger partial charge in [0.2, 0.25) is 5.91 Å². The molecule has 5 heteroatoms. The second kappa shape index (κ2) is 7.85. The average molecular weight is 370 g/mol. The summed E-state index contributed by atoms with van der Waals surface area (Å²) >= 11 is 0. The highest BCUT2D eigenvalue weighted by molar-refractivity contribution is 5.76. The fourth-order valence-electron chi connectivity index (χ4n) is 4.84. The van der Waals surface area contributed by atoms with Gasteiger partial charge in [-0.1, -0.05) is 18.6 Å². The van der Waals surface area contributed by atoms with E-state index in [1.165, 1.54) is 25.3 Å². The minimum Gasteiger partial charge on any atom is -0.461 e. The highest BCUT2D eigenvalue weighted by atomic mass is 19.1. The Balaban J connectivity index is 1.33. The Labute approximate surface area is 159 Å². The van der Waals surface area contributed by atoms with Crippen LogP contribution in [0.3, 0.4) is 0 Å². The van der Waals surface area contributed by atoms with E-state index >= 15 is 0 Å². The van der Waals surface area contributed by atoms with Crippen LogP contribution < -0.4 is 11.1 Å². The number of amides is 1. The molecule has 0 saturated heterocycles. The molecule has 0 spiro atoms. The fraction of sp³-hybridized carbons (Fsp3) is 0.500. The van der Waals surface area contributed by atoms with Gasteiger partial charge in [0.05, 0.1) is 5.56 Å². The normalized spacial score (nSPS) is 27.3. The molecule has 0 aliphatic heterocycles. The number of aryl methyl sites for hydroxylation is 1. The van der Waals surface area contributed by atoms with Crippen molar-refractivity contribution in [1.29, 1.82) is 0 Å². The van der Waals surface area contributed by atoms with Crippen molar-refractivity contribution < 1.29 is 13.6 Å². The second-order valence-electron chi connectivity index (χ2n) is 8.02. The SMILES string of the molecule is NC1CC2CCCC(C1)C2NC(=O)CCc1ccc(-c2ccccc2F)o1. The Hall–Kier alpha value is -2.14. The summed E-state index contributed by atoms with van der Waals surface area (Å²) in [6, 6.07) is 10.7. The molecule has 2 saturated carbocycles. The molecule has 2 bridgehead atoms. The summed E-state index contributed by atoms with van der Waals surface area (Å²) in [5.41, 5.74) is 6.61. The van der Waals surface area contributed by atoms with Gasteiger partial charge in [-0.15, -0.1) is 0 Å². The molecule has 144 valence electrons. The van der Waals surface area contributed by atoms with Gasteiger partial charge in [0.1, 0.15) is 17.3 Å². The Morgan fingerprint density at radius 2 is 1.89 bits per heavy atom. The number of furan rings is 1. The maximum atomic E-state index is 13.9. The van der Waals surface area contributed by atoms with Crippen LogP contribution >= 0.6 is 0 Å². The number of rotatable bonds is 5. The zero-order chi connectivity index (χ0) is 18.8. The molecule has 27 heavy (non-hydrogen) atoms. The number of carbonyl (C=O) groups is 1. The zero-order valence-corrected chi connectivity index (χ0v) is 15.5. The summed E-state index contributed by atoms with van der Waals surface area (Å²) in [4.78, 5) is 12.5. The number of nitrogens with two attached hydrogens (primary N) is 1. The number of halogens is 1. The smallest absolute Gasteiger partial charge is 0.220 e. The number of hydrogen-bond acceptors (Lipinski definition) is 3. The van der Waals surface area contributed by atoms with Gasteiger partial charge in [0.15, 0.2) is 0 Å². The molecule has 1 amide bonds. The molecule has 2 fully saturated rings. The largest absolute Gasteiger partial charge is 0.461 e. The van der Waals surface area contributed by atoms with Crippen LogP contribution in [0, 0.1) is 17.7 Å². The minimum absolute atomic E-state index is 0.0659. The van der Waals surface area contributed by atoms with E-state index in [0.717, 1.165) is 12.8 Å². The Bertz CT molecular complexity index is 789. The van der Waals surface area contributed by atoms with E-state index in [1.807, 2.05) is 6.07 Å². The number of benzene rings is 1. The lowest BCUT2D eigenvalue weighted by Gasteiger charge is -2.45. The van der Waals surface area contributed by atoms with Crippen LogP contribution in [0.1, 0.15) is 44.3 Å². The van der Waals surface area contributed by atoms with E-state index in [-0.39, 0.29) is 23.8 Å². The first-order chi connectivity index (χ1) is 13.1. The van der Waals surface area contributed by atoms with Crippen LogP contribution in [-0.4, -0.2) is 18.0 Å². The summed E-state index contributed by atoms with van der Waals surface area (Å²) in [6.07, 6.45) is 6.52. The molecule has 1 aromatic carbocycles. The number of carbonyl (C=O) groups excluding carboxylic acids is 1. The van der Waals surface area contributed by atoms with Crippen LogP contribution in [0.4, 0.5) is 4.39 Å². The van der Waals surface area contributed by atoms with E-state index in [1.54, 1.807) is 24.3 Å². The highest BCUT2D eigenvalue weighted by Crippen LogP contribution is 2.39. The third kappa shape index (κ3) is 4.08. The molecule has 1 aromatic heterocycles. The average Bonchev–Trinajstić information content (AvgIpc) is 3.10. The molecule has 2 aliphatic carbocycles. The molecule has 0 radical (unpaired) electrons. The topological polar surface area (TPSA) is 68.3 Å². The van der Waals surface area contributed by atoms with Crippen molar-refractivity contribution in [3.05, 3.63) is 48.0 Å². The van der Waals surface area contributed by atoms with E-state index in [0.29, 0.717) is 41.8 Å². The van der Waals surface area contributed by atoms with E-state index < -0.39 is 0 Å². The Morgan fingerprint density at radius 3 is 2.63 bits per heavy atom. The van der Waals surface area contributed by atoms with Crippen molar-refractivity contribution in [1.82, 2.24) is 5.32 Å². The Kier molecular flexibility index (Phi) is 5.30. The summed E-state index contributed by atoms with van der Waals surface area (Å²) in [7, 11) is 0. The van der Waals surface area contributed by atoms with Crippen LogP contribution in [0.2, 0.25) is 0 Å². The molecular weight excluding hydrogens is 343 g/mol. The van der Waals surface area contributed by atoms with Crippen molar-refractivity contribution >= 4 is 5.91 Å². The lowest BCUT2D eigenvalue weighted by molar-refractivity contribution is -0.123. The molecule has 2 atom stereocenters. The first-order valence-corrected chi connectivity index (χ1v) is 9.98. The van der Waals surface area contributed by atoms with Crippen molar-refractivity contribution in [2.75, 3.05) is 0 Å². The summed E-state index contributed by atoms with van der Waals surface area (Å²) in [5, 5.41) is 3.26. The number of fused-ring (bicyclic) bond motifs is 2. The Morgan fingerprint density at radius 1 is 1.15 bits per heavy atom. The maximum absolute atomic E-state index is 13.9. The first kappa shape index (κ1) is 18.2. The van der Waals surface area contributed by atoms with Crippen LogP contribution in [-0.2, 0) is 11.2 Å².